The Labute approximate surface area is 88.6 Å². The van der Waals surface area contributed by atoms with Crippen molar-refractivity contribution in [2.45, 2.75) is 44.2 Å². The van der Waals surface area contributed by atoms with Crippen molar-refractivity contribution < 1.29 is 9.72 Å². The number of nitro groups is 1. The minimum absolute atomic E-state index is 0.149. The SMILES string of the molecule is O=C1[CH]C([N+](=O)[O-])CN1C1CCCCC1. The number of carbonyl (C=O) groups is 1. The lowest BCUT2D eigenvalue weighted by molar-refractivity contribution is -0.509. The third kappa shape index (κ3) is 2.11. The molecular formula is C10H15N2O3. The summed E-state index contributed by atoms with van der Waals surface area (Å²) in [4.78, 5) is 23.4. The molecule has 1 saturated carbocycles. The number of hydrogen-bond acceptors (Lipinski definition) is 3. The number of carbonyl (C=O) groups excluding carboxylic acids is 1. The monoisotopic (exact) mass is 211 g/mol. The molecule has 0 aromatic carbocycles. The van der Waals surface area contributed by atoms with Crippen LogP contribution in [0.5, 0.6) is 0 Å². The van der Waals surface area contributed by atoms with E-state index in [1.165, 1.54) is 12.8 Å². The van der Waals surface area contributed by atoms with Gasteiger partial charge in [-0.2, -0.15) is 0 Å². The van der Waals surface area contributed by atoms with Gasteiger partial charge in [-0.1, -0.05) is 19.3 Å². The average molecular weight is 211 g/mol. The molecule has 0 bridgehead atoms. The summed E-state index contributed by atoms with van der Waals surface area (Å²) >= 11 is 0. The average Bonchev–Trinajstić information content (AvgIpc) is 2.62. The Morgan fingerprint density at radius 3 is 2.53 bits per heavy atom. The van der Waals surface area contributed by atoms with Gasteiger partial charge in [0.2, 0.25) is 11.9 Å². The molecule has 5 heteroatoms. The Kier molecular flexibility index (Phi) is 2.88. The molecule has 2 rings (SSSR count). The van der Waals surface area contributed by atoms with Gasteiger partial charge in [-0.15, -0.1) is 0 Å². The van der Waals surface area contributed by atoms with Crippen molar-refractivity contribution in [3.8, 4) is 0 Å². The Morgan fingerprint density at radius 2 is 2.00 bits per heavy atom. The van der Waals surface area contributed by atoms with Crippen LogP contribution >= 0.6 is 0 Å². The molecule has 83 valence electrons. The summed E-state index contributed by atoms with van der Waals surface area (Å²) < 4.78 is 0. The fourth-order valence-corrected chi connectivity index (χ4v) is 2.45. The molecule has 1 heterocycles. The topological polar surface area (TPSA) is 63.4 Å². The van der Waals surface area contributed by atoms with Crippen LogP contribution in [-0.2, 0) is 4.79 Å². The highest BCUT2D eigenvalue weighted by Crippen LogP contribution is 2.26. The molecule has 5 nitrogen and oxygen atoms in total. The maximum atomic E-state index is 11.6. The number of rotatable bonds is 2. The minimum atomic E-state index is -0.792. The summed E-state index contributed by atoms with van der Waals surface area (Å²) in [7, 11) is 0. The van der Waals surface area contributed by atoms with Crippen LogP contribution in [0.3, 0.4) is 0 Å². The van der Waals surface area contributed by atoms with E-state index in [1.807, 2.05) is 0 Å². The summed E-state index contributed by atoms with van der Waals surface area (Å²) in [6.07, 6.45) is 6.75. The second kappa shape index (κ2) is 4.16. The number of nitrogens with zero attached hydrogens (tertiary/aromatic N) is 2. The molecular weight excluding hydrogens is 196 g/mol. The normalized spacial score (nSPS) is 28.4. The first-order valence-corrected chi connectivity index (χ1v) is 5.47. The van der Waals surface area contributed by atoms with E-state index in [1.54, 1.807) is 4.90 Å². The van der Waals surface area contributed by atoms with E-state index in [0.29, 0.717) is 0 Å². The highest BCUT2D eigenvalue weighted by atomic mass is 16.6. The second-order valence-corrected chi connectivity index (χ2v) is 4.30. The highest BCUT2D eigenvalue weighted by molar-refractivity contribution is 5.88. The van der Waals surface area contributed by atoms with E-state index in [-0.39, 0.29) is 23.4 Å². The number of likely N-dealkylation sites (tertiary alicyclic amines) is 1. The van der Waals surface area contributed by atoms with Gasteiger partial charge >= 0.3 is 0 Å². The third-order valence-electron chi connectivity index (χ3n) is 3.29. The predicted octanol–water partition coefficient (Wildman–Crippen LogP) is 1.01. The van der Waals surface area contributed by atoms with Crippen LogP contribution in [0.1, 0.15) is 32.1 Å². The van der Waals surface area contributed by atoms with Crippen LogP contribution in [0.2, 0.25) is 0 Å². The first kappa shape index (κ1) is 10.4. The van der Waals surface area contributed by atoms with Crippen LogP contribution in [0.25, 0.3) is 0 Å². The Balaban J connectivity index is 1.97. The van der Waals surface area contributed by atoms with E-state index < -0.39 is 6.04 Å². The van der Waals surface area contributed by atoms with Crippen LogP contribution in [0.15, 0.2) is 0 Å². The van der Waals surface area contributed by atoms with Gasteiger partial charge in [-0.3, -0.25) is 14.9 Å². The van der Waals surface area contributed by atoms with Gasteiger partial charge < -0.3 is 4.90 Å². The quantitative estimate of drug-likeness (QED) is 0.506. The lowest BCUT2D eigenvalue weighted by Crippen LogP contribution is -2.38. The molecule has 1 unspecified atom stereocenters. The standard InChI is InChI=1S/C10H15N2O3/c13-10-6-9(12(14)15)7-11(10)8-4-2-1-3-5-8/h6,8-9H,1-5,7H2. The maximum Gasteiger partial charge on any atom is 0.243 e. The lowest BCUT2D eigenvalue weighted by Gasteiger charge is -2.30. The zero-order chi connectivity index (χ0) is 10.8. The van der Waals surface area contributed by atoms with Gasteiger partial charge in [0.25, 0.3) is 0 Å². The van der Waals surface area contributed by atoms with E-state index in [2.05, 4.69) is 0 Å². The van der Waals surface area contributed by atoms with Crippen molar-refractivity contribution in [3.63, 3.8) is 0 Å². The summed E-state index contributed by atoms with van der Waals surface area (Å²) in [5.74, 6) is -0.149. The van der Waals surface area contributed by atoms with Crippen molar-refractivity contribution in [2.24, 2.45) is 0 Å². The molecule has 2 fully saturated rings. The molecule has 0 spiro atoms. The second-order valence-electron chi connectivity index (χ2n) is 4.30. The van der Waals surface area contributed by atoms with Gasteiger partial charge in [0.05, 0.1) is 6.54 Å². The largest absolute Gasteiger partial charge is 0.332 e. The summed E-state index contributed by atoms with van der Waals surface area (Å²) in [5, 5.41) is 10.6. The molecule has 0 N–H and O–H groups in total. The highest BCUT2D eigenvalue weighted by Gasteiger charge is 2.41. The third-order valence-corrected chi connectivity index (χ3v) is 3.29. The smallest absolute Gasteiger partial charge is 0.243 e. The molecule has 15 heavy (non-hydrogen) atoms. The molecule has 1 aliphatic heterocycles. The van der Waals surface area contributed by atoms with Crippen LogP contribution in [-0.4, -0.2) is 34.4 Å². The van der Waals surface area contributed by atoms with E-state index in [0.717, 1.165) is 25.7 Å². The molecule has 1 radical (unpaired) electrons. The molecule has 2 aliphatic rings. The fourth-order valence-electron chi connectivity index (χ4n) is 2.45. The Morgan fingerprint density at radius 1 is 1.33 bits per heavy atom. The molecule has 1 saturated heterocycles. The summed E-state index contributed by atoms with van der Waals surface area (Å²) in [6, 6.07) is -0.549. The number of amides is 1. The van der Waals surface area contributed by atoms with Crippen molar-refractivity contribution in [2.75, 3.05) is 6.54 Å². The van der Waals surface area contributed by atoms with E-state index in [9.17, 15) is 14.9 Å². The molecule has 0 aromatic heterocycles. The van der Waals surface area contributed by atoms with Gasteiger partial charge in [-0.25, -0.2) is 0 Å². The fraction of sp³-hybridized carbons (Fsp3) is 0.800. The zero-order valence-corrected chi connectivity index (χ0v) is 8.59. The summed E-state index contributed by atoms with van der Waals surface area (Å²) in [5.41, 5.74) is 0. The van der Waals surface area contributed by atoms with Gasteiger partial charge in [0.1, 0.15) is 6.42 Å². The minimum Gasteiger partial charge on any atom is -0.332 e. The van der Waals surface area contributed by atoms with Crippen molar-refractivity contribution in [3.05, 3.63) is 16.5 Å². The maximum absolute atomic E-state index is 11.6. The predicted molar refractivity (Wildman–Crippen MR) is 53.7 cm³/mol. The first-order valence-electron chi connectivity index (χ1n) is 5.47. The molecule has 1 amide bonds. The van der Waals surface area contributed by atoms with Gasteiger partial charge in [0, 0.05) is 11.0 Å². The Bertz CT molecular complexity index is 274. The van der Waals surface area contributed by atoms with Crippen LogP contribution < -0.4 is 0 Å². The first-order chi connectivity index (χ1) is 7.18. The molecule has 1 atom stereocenters. The van der Waals surface area contributed by atoms with Crippen LogP contribution in [0, 0.1) is 16.5 Å². The Hall–Kier alpha value is -1.13. The van der Waals surface area contributed by atoms with Crippen LogP contribution in [0.4, 0.5) is 0 Å². The molecule has 1 aliphatic carbocycles. The van der Waals surface area contributed by atoms with Gasteiger partial charge in [-0.05, 0) is 12.8 Å². The number of hydrogen-bond donors (Lipinski definition) is 0. The zero-order valence-electron chi connectivity index (χ0n) is 8.59. The lowest BCUT2D eigenvalue weighted by atomic mass is 9.94. The van der Waals surface area contributed by atoms with Crippen molar-refractivity contribution in [1.29, 1.82) is 0 Å². The molecule has 0 aromatic rings. The van der Waals surface area contributed by atoms with Gasteiger partial charge in [0.15, 0.2) is 0 Å². The van der Waals surface area contributed by atoms with E-state index >= 15 is 0 Å². The van der Waals surface area contributed by atoms with Crippen molar-refractivity contribution in [1.82, 2.24) is 4.90 Å². The summed E-state index contributed by atoms with van der Waals surface area (Å²) in [6.45, 7) is 0.274. The van der Waals surface area contributed by atoms with E-state index in [4.69, 9.17) is 0 Å². The van der Waals surface area contributed by atoms with Crippen molar-refractivity contribution >= 4 is 5.91 Å².